The van der Waals surface area contributed by atoms with E-state index in [1.165, 1.54) is 16.0 Å². The van der Waals surface area contributed by atoms with Gasteiger partial charge >= 0.3 is 0 Å². The van der Waals surface area contributed by atoms with E-state index in [0.717, 1.165) is 17.0 Å². The minimum absolute atomic E-state index is 0.506. The van der Waals surface area contributed by atoms with E-state index < -0.39 is 0 Å². The molecule has 21 heavy (non-hydrogen) atoms. The zero-order valence-corrected chi connectivity index (χ0v) is 12.9. The standard InChI is InChI=1S/C16H17N3OS/c1-3-12-9-13(15(17)21-12)16-18-14(19-20-16)8-11-6-4-5-10(2)7-11/h4-7,9H,3,8,17H2,1-2H3. The fourth-order valence-corrected chi connectivity index (χ4v) is 3.10. The maximum absolute atomic E-state index is 6.02. The Morgan fingerprint density at radius 3 is 2.86 bits per heavy atom. The lowest BCUT2D eigenvalue weighted by Crippen LogP contribution is -1.91. The van der Waals surface area contributed by atoms with Crippen LogP contribution < -0.4 is 5.73 Å². The Morgan fingerprint density at radius 2 is 2.14 bits per heavy atom. The number of nitrogens with zero attached hydrogens (tertiary/aromatic N) is 2. The molecule has 1 aromatic carbocycles. The molecule has 0 aliphatic rings. The van der Waals surface area contributed by atoms with Crippen LogP contribution in [0.5, 0.6) is 0 Å². The maximum atomic E-state index is 6.02. The van der Waals surface area contributed by atoms with E-state index >= 15 is 0 Å². The first-order valence-corrected chi connectivity index (χ1v) is 7.74. The first-order valence-electron chi connectivity index (χ1n) is 6.92. The average molecular weight is 299 g/mol. The van der Waals surface area contributed by atoms with Crippen LogP contribution >= 0.6 is 11.3 Å². The summed E-state index contributed by atoms with van der Waals surface area (Å²) in [5, 5.41) is 4.79. The number of nitrogens with two attached hydrogens (primary N) is 1. The molecule has 4 nitrogen and oxygen atoms in total. The molecule has 108 valence electrons. The molecule has 0 amide bonds. The Hall–Kier alpha value is -2.14. The zero-order chi connectivity index (χ0) is 14.8. The van der Waals surface area contributed by atoms with Crippen molar-refractivity contribution >= 4 is 16.3 Å². The number of hydrogen-bond donors (Lipinski definition) is 1. The van der Waals surface area contributed by atoms with Crippen LogP contribution in [-0.2, 0) is 12.8 Å². The van der Waals surface area contributed by atoms with E-state index in [-0.39, 0.29) is 0 Å². The van der Waals surface area contributed by atoms with Gasteiger partial charge in [0.2, 0.25) is 0 Å². The van der Waals surface area contributed by atoms with Gasteiger partial charge in [0.05, 0.1) is 10.6 Å². The number of aromatic nitrogens is 2. The van der Waals surface area contributed by atoms with Gasteiger partial charge in [-0.3, -0.25) is 0 Å². The van der Waals surface area contributed by atoms with E-state index in [9.17, 15) is 0 Å². The van der Waals surface area contributed by atoms with Crippen LogP contribution in [0.15, 0.2) is 34.9 Å². The summed E-state index contributed by atoms with van der Waals surface area (Å²) in [5.74, 6) is 1.19. The highest BCUT2D eigenvalue weighted by Gasteiger charge is 2.15. The summed E-state index contributed by atoms with van der Waals surface area (Å²) in [6.45, 7) is 4.18. The number of hydrogen-bond acceptors (Lipinski definition) is 5. The predicted molar refractivity (Wildman–Crippen MR) is 85.4 cm³/mol. The Labute approximate surface area is 127 Å². The molecule has 0 aliphatic heterocycles. The normalized spacial score (nSPS) is 11.0. The lowest BCUT2D eigenvalue weighted by molar-refractivity contribution is 0.424. The van der Waals surface area contributed by atoms with Crippen LogP contribution in [0.25, 0.3) is 11.5 Å². The van der Waals surface area contributed by atoms with Gasteiger partial charge in [-0.1, -0.05) is 41.9 Å². The molecule has 3 rings (SSSR count). The maximum Gasteiger partial charge on any atom is 0.260 e. The number of aryl methyl sites for hydroxylation is 2. The quantitative estimate of drug-likeness (QED) is 0.795. The van der Waals surface area contributed by atoms with Crippen molar-refractivity contribution in [2.24, 2.45) is 0 Å². The molecule has 0 bridgehead atoms. The van der Waals surface area contributed by atoms with Crippen molar-refractivity contribution in [1.29, 1.82) is 0 Å². The van der Waals surface area contributed by atoms with Gasteiger partial charge < -0.3 is 10.3 Å². The van der Waals surface area contributed by atoms with Crippen molar-refractivity contribution < 1.29 is 4.52 Å². The molecular formula is C16H17N3OS. The van der Waals surface area contributed by atoms with Crippen molar-refractivity contribution in [3.63, 3.8) is 0 Å². The van der Waals surface area contributed by atoms with Gasteiger partial charge in [-0.25, -0.2) is 0 Å². The molecule has 5 heteroatoms. The average Bonchev–Trinajstić information content (AvgIpc) is 3.05. The second-order valence-electron chi connectivity index (χ2n) is 5.03. The Morgan fingerprint density at radius 1 is 1.29 bits per heavy atom. The topological polar surface area (TPSA) is 64.9 Å². The number of thiophene rings is 1. The summed E-state index contributed by atoms with van der Waals surface area (Å²) in [4.78, 5) is 5.69. The van der Waals surface area contributed by atoms with E-state index in [1.807, 2.05) is 12.1 Å². The van der Waals surface area contributed by atoms with Crippen molar-refractivity contribution in [2.45, 2.75) is 26.7 Å². The smallest absolute Gasteiger partial charge is 0.260 e. The van der Waals surface area contributed by atoms with Crippen LogP contribution in [0.1, 0.15) is 28.8 Å². The summed E-state index contributed by atoms with van der Waals surface area (Å²) < 4.78 is 5.36. The Balaban J connectivity index is 1.84. The molecule has 0 saturated carbocycles. The molecule has 0 unspecified atom stereocenters. The third-order valence-corrected chi connectivity index (χ3v) is 4.41. The second kappa shape index (κ2) is 5.69. The lowest BCUT2D eigenvalue weighted by Gasteiger charge is -1.97. The van der Waals surface area contributed by atoms with Gasteiger partial charge in [0.1, 0.15) is 0 Å². The van der Waals surface area contributed by atoms with Crippen molar-refractivity contribution in [3.05, 3.63) is 52.2 Å². The molecule has 2 N–H and O–H groups in total. The minimum atomic E-state index is 0.506. The fourth-order valence-electron chi connectivity index (χ4n) is 2.24. The summed E-state index contributed by atoms with van der Waals surface area (Å²) >= 11 is 1.57. The fraction of sp³-hybridized carbons (Fsp3) is 0.250. The first kappa shape index (κ1) is 13.8. The highest BCUT2D eigenvalue weighted by atomic mass is 32.1. The highest BCUT2D eigenvalue weighted by molar-refractivity contribution is 7.16. The minimum Gasteiger partial charge on any atom is -0.390 e. The monoisotopic (exact) mass is 299 g/mol. The van der Waals surface area contributed by atoms with Crippen molar-refractivity contribution in [3.8, 4) is 11.5 Å². The molecule has 3 aromatic rings. The molecular weight excluding hydrogens is 282 g/mol. The highest BCUT2D eigenvalue weighted by Crippen LogP contribution is 2.33. The van der Waals surface area contributed by atoms with Crippen LogP contribution in [-0.4, -0.2) is 10.1 Å². The van der Waals surface area contributed by atoms with E-state index in [1.54, 1.807) is 11.3 Å². The van der Waals surface area contributed by atoms with Gasteiger partial charge in [-0.15, -0.1) is 11.3 Å². The summed E-state index contributed by atoms with van der Waals surface area (Å²) in [6.07, 6.45) is 1.62. The van der Waals surface area contributed by atoms with Crippen LogP contribution in [0.3, 0.4) is 0 Å². The molecule has 0 radical (unpaired) electrons. The van der Waals surface area contributed by atoms with Gasteiger partial charge in [0, 0.05) is 11.3 Å². The summed E-state index contributed by atoms with van der Waals surface area (Å²) in [6, 6.07) is 10.3. The molecule has 0 aliphatic carbocycles. The SMILES string of the molecule is CCc1cc(-c2nc(Cc3cccc(C)c3)no2)c(N)s1. The third kappa shape index (κ3) is 2.97. The third-order valence-electron chi connectivity index (χ3n) is 3.30. The van der Waals surface area contributed by atoms with Gasteiger partial charge in [-0.2, -0.15) is 4.98 Å². The molecule has 0 atom stereocenters. The van der Waals surface area contributed by atoms with Crippen molar-refractivity contribution in [2.75, 3.05) is 5.73 Å². The number of benzene rings is 1. The number of anilines is 1. The van der Waals surface area contributed by atoms with E-state index in [0.29, 0.717) is 18.1 Å². The largest absolute Gasteiger partial charge is 0.390 e. The molecule has 2 aromatic heterocycles. The van der Waals surface area contributed by atoms with Gasteiger partial charge in [0.25, 0.3) is 5.89 Å². The molecule has 2 heterocycles. The second-order valence-corrected chi connectivity index (χ2v) is 6.19. The summed E-state index contributed by atoms with van der Waals surface area (Å²) in [7, 11) is 0. The van der Waals surface area contributed by atoms with E-state index in [2.05, 4.69) is 42.2 Å². The molecule has 0 fully saturated rings. The zero-order valence-electron chi connectivity index (χ0n) is 12.1. The van der Waals surface area contributed by atoms with Crippen LogP contribution in [0, 0.1) is 6.92 Å². The van der Waals surface area contributed by atoms with Crippen molar-refractivity contribution in [1.82, 2.24) is 10.1 Å². The van der Waals surface area contributed by atoms with Crippen LogP contribution in [0.4, 0.5) is 5.00 Å². The number of rotatable bonds is 4. The summed E-state index contributed by atoms with van der Waals surface area (Å²) in [5.41, 5.74) is 9.27. The number of nitrogen functional groups attached to an aromatic ring is 1. The predicted octanol–water partition coefficient (Wildman–Crippen LogP) is 3.84. The van der Waals surface area contributed by atoms with Gasteiger partial charge in [-0.05, 0) is 25.0 Å². The molecule has 0 saturated heterocycles. The Kier molecular flexibility index (Phi) is 3.75. The van der Waals surface area contributed by atoms with Gasteiger partial charge in [0.15, 0.2) is 5.82 Å². The van der Waals surface area contributed by atoms with E-state index in [4.69, 9.17) is 10.3 Å². The lowest BCUT2D eigenvalue weighted by atomic mass is 10.1. The Bertz CT molecular complexity index is 760. The molecule has 0 spiro atoms. The van der Waals surface area contributed by atoms with Crippen LogP contribution in [0.2, 0.25) is 0 Å². The first-order chi connectivity index (χ1) is 10.2.